The Hall–Kier alpha value is -1.01. The zero-order valence-corrected chi connectivity index (χ0v) is 10.1. The van der Waals surface area contributed by atoms with Crippen molar-refractivity contribution < 1.29 is 5.11 Å². The smallest absolute Gasteiger partial charge is 0.191 e. The van der Waals surface area contributed by atoms with Gasteiger partial charge in [-0.2, -0.15) is 0 Å². The average Bonchev–Trinajstić information content (AvgIpc) is 3.08. The number of rotatable bonds is 5. The summed E-state index contributed by atoms with van der Waals surface area (Å²) in [5.74, 6) is 1.31. The van der Waals surface area contributed by atoms with Crippen molar-refractivity contribution in [2.45, 2.75) is 24.0 Å². The van der Waals surface area contributed by atoms with E-state index in [1.807, 2.05) is 6.26 Å². The number of hydrogen-bond acceptors (Lipinski definition) is 6. The number of thioether (sulfide) groups is 1. The van der Waals surface area contributed by atoms with Gasteiger partial charge in [-0.1, -0.05) is 11.8 Å². The Balaban J connectivity index is 2.25. The van der Waals surface area contributed by atoms with Gasteiger partial charge in [-0.15, -0.1) is 0 Å². The maximum Gasteiger partial charge on any atom is 0.191 e. The first kappa shape index (κ1) is 11.5. The fourth-order valence-electron chi connectivity index (χ4n) is 1.65. The molecule has 0 spiro atoms. The Labute approximate surface area is 99.1 Å². The molecule has 0 amide bonds. The Morgan fingerprint density at radius 2 is 2.31 bits per heavy atom. The molecule has 0 unspecified atom stereocenters. The van der Waals surface area contributed by atoms with E-state index in [-0.39, 0.29) is 6.61 Å². The highest BCUT2D eigenvalue weighted by molar-refractivity contribution is 7.98. The van der Waals surface area contributed by atoms with Gasteiger partial charge >= 0.3 is 0 Å². The Bertz CT molecular complexity index is 370. The molecule has 1 saturated carbocycles. The third-order valence-corrected chi connectivity index (χ3v) is 3.07. The number of aromatic nitrogens is 2. The lowest BCUT2D eigenvalue weighted by Crippen LogP contribution is -2.30. The van der Waals surface area contributed by atoms with Gasteiger partial charge in [0.15, 0.2) is 5.16 Å². The van der Waals surface area contributed by atoms with Crippen molar-refractivity contribution in [3.8, 4) is 0 Å². The monoisotopic (exact) mass is 240 g/mol. The molecule has 1 aliphatic rings. The van der Waals surface area contributed by atoms with Gasteiger partial charge in [0.05, 0.1) is 6.61 Å². The number of aliphatic hydroxyl groups excluding tert-OH is 1. The molecule has 5 nitrogen and oxygen atoms in total. The molecule has 0 bridgehead atoms. The van der Waals surface area contributed by atoms with E-state index in [1.165, 1.54) is 24.6 Å². The van der Waals surface area contributed by atoms with Crippen molar-refractivity contribution in [2.75, 3.05) is 30.0 Å². The molecule has 0 aliphatic heterocycles. The summed E-state index contributed by atoms with van der Waals surface area (Å²) >= 11 is 1.47. The Morgan fingerprint density at radius 3 is 2.88 bits per heavy atom. The SMILES string of the molecule is CSc1nc(N)cc(N(CCO)C2CC2)n1. The normalized spacial score (nSPS) is 15.1. The summed E-state index contributed by atoms with van der Waals surface area (Å²) in [6.45, 7) is 0.740. The lowest BCUT2D eigenvalue weighted by Gasteiger charge is -2.22. The van der Waals surface area contributed by atoms with Crippen LogP contribution in [0.5, 0.6) is 0 Å². The van der Waals surface area contributed by atoms with Crippen LogP contribution >= 0.6 is 11.8 Å². The molecule has 1 aromatic heterocycles. The summed E-state index contributed by atoms with van der Waals surface area (Å²) in [6, 6.07) is 2.28. The Kier molecular flexibility index (Phi) is 3.50. The molecule has 0 radical (unpaired) electrons. The molecule has 0 aromatic carbocycles. The summed E-state index contributed by atoms with van der Waals surface area (Å²) in [5, 5.41) is 9.73. The standard InChI is InChI=1S/C10H16N4OS/c1-16-10-12-8(11)6-9(13-10)14(4-5-15)7-2-3-7/h6-7,15H,2-5H2,1H3,(H2,11,12,13). The molecule has 1 fully saturated rings. The molecule has 0 saturated heterocycles. The minimum Gasteiger partial charge on any atom is -0.395 e. The fourth-order valence-corrected chi connectivity index (χ4v) is 2.03. The largest absolute Gasteiger partial charge is 0.395 e. The molecule has 1 aromatic rings. The van der Waals surface area contributed by atoms with Crippen molar-refractivity contribution in [2.24, 2.45) is 0 Å². The lowest BCUT2D eigenvalue weighted by molar-refractivity contribution is 0.301. The van der Waals surface area contributed by atoms with Gasteiger partial charge in [-0.05, 0) is 19.1 Å². The highest BCUT2D eigenvalue weighted by Crippen LogP contribution is 2.31. The molecule has 16 heavy (non-hydrogen) atoms. The lowest BCUT2D eigenvalue weighted by atomic mass is 10.4. The van der Waals surface area contributed by atoms with Crippen LogP contribution in [0.3, 0.4) is 0 Å². The molecular formula is C10H16N4OS. The van der Waals surface area contributed by atoms with E-state index in [2.05, 4.69) is 14.9 Å². The maximum absolute atomic E-state index is 9.05. The van der Waals surface area contributed by atoms with Gasteiger partial charge < -0.3 is 15.7 Å². The third-order valence-electron chi connectivity index (χ3n) is 2.52. The number of aliphatic hydroxyl groups is 1. The van der Waals surface area contributed by atoms with Gasteiger partial charge in [-0.25, -0.2) is 9.97 Å². The first-order valence-corrected chi connectivity index (χ1v) is 6.53. The maximum atomic E-state index is 9.05. The van der Waals surface area contributed by atoms with Gasteiger partial charge in [0.1, 0.15) is 11.6 Å². The number of anilines is 2. The van der Waals surface area contributed by atoms with Crippen LogP contribution in [0.2, 0.25) is 0 Å². The number of nitrogen functional groups attached to an aromatic ring is 1. The van der Waals surface area contributed by atoms with Crippen LogP contribution in [-0.2, 0) is 0 Å². The highest BCUT2D eigenvalue weighted by Gasteiger charge is 2.30. The van der Waals surface area contributed by atoms with E-state index in [1.54, 1.807) is 6.07 Å². The van der Waals surface area contributed by atoms with Crippen molar-refractivity contribution in [3.63, 3.8) is 0 Å². The van der Waals surface area contributed by atoms with Crippen LogP contribution in [0.15, 0.2) is 11.2 Å². The minimum atomic E-state index is 0.134. The molecule has 6 heteroatoms. The van der Waals surface area contributed by atoms with Gasteiger partial charge in [-0.3, -0.25) is 0 Å². The predicted molar refractivity (Wildman–Crippen MR) is 65.7 cm³/mol. The average molecular weight is 240 g/mol. The van der Waals surface area contributed by atoms with Gasteiger partial charge in [0.25, 0.3) is 0 Å². The van der Waals surface area contributed by atoms with E-state index in [0.29, 0.717) is 23.6 Å². The molecule has 2 rings (SSSR count). The summed E-state index contributed by atoms with van der Waals surface area (Å²) in [6.07, 6.45) is 4.25. The topological polar surface area (TPSA) is 75.3 Å². The molecule has 1 heterocycles. The van der Waals surface area contributed by atoms with Crippen molar-refractivity contribution in [3.05, 3.63) is 6.07 Å². The molecular weight excluding hydrogens is 224 g/mol. The summed E-state index contributed by atoms with van der Waals surface area (Å²) in [7, 11) is 0. The molecule has 88 valence electrons. The van der Waals surface area contributed by atoms with E-state index >= 15 is 0 Å². The van der Waals surface area contributed by atoms with Crippen molar-refractivity contribution in [1.29, 1.82) is 0 Å². The number of nitrogens with two attached hydrogens (primary N) is 1. The zero-order valence-electron chi connectivity index (χ0n) is 9.26. The van der Waals surface area contributed by atoms with Crippen LogP contribution in [0.1, 0.15) is 12.8 Å². The summed E-state index contributed by atoms with van der Waals surface area (Å²) in [5.41, 5.74) is 5.74. The number of nitrogens with zero attached hydrogens (tertiary/aromatic N) is 3. The minimum absolute atomic E-state index is 0.134. The second-order valence-electron chi connectivity index (χ2n) is 3.79. The van der Waals surface area contributed by atoms with Crippen molar-refractivity contribution in [1.82, 2.24) is 9.97 Å². The van der Waals surface area contributed by atoms with Crippen molar-refractivity contribution >= 4 is 23.4 Å². The van der Waals surface area contributed by atoms with Crippen LogP contribution in [0.25, 0.3) is 0 Å². The van der Waals surface area contributed by atoms with E-state index in [9.17, 15) is 0 Å². The van der Waals surface area contributed by atoms with E-state index in [0.717, 1.165) is 5.82 Å². The summed E-state index contributed by atoms with van der Waals surface area (Å²) in [4.78, 5) is 10.6. The first-order chi connectivity index (χ1) is 7.74. The van der Waals surface area contributed by atoms with Crippen LogP contribution in [0.4, 0.5) is 11.6 Å². The quantitative estimate of drug-likeness (QED) is 0.584. The van der Waals surface area contributed by atoms with Crippen LogP contribution in [-0.4, -0.2) is 40.5 Å². The predicted octanol–water partition coefficient (Wildman–Crippen LogP) is 0.742. The molecule has 3 N–H and O–H groups in total. The number of hydrogen-bond donors (Lipinski definition) is 2. The van der Waals surface area contributed by atoms with E-state index in [4.69, 9.17) is 10.8 Å². The second kappa shape index (κ2) is 4.88. The highest BCUT2D eigenvalue weighted by atomic mass is 32.2. The second-order valence-corrected chi connectivity index (χ2v) is 4.56. The van der Waals surface area contributed by atoms with Crippen LogP contribution in [0, 0.1) is 0 Å². The first-order valence-electron chi connectivity index (χ1n) is 5.30. The third kappa shape index (κ3) is 2.56. The Morgan fingerprint density at radius 1 is 1.56 bits per heavy atom. The zero-order chi connectivity index (χ0) is 11.5. The van der Waals surface area contributed by atoms with Gasteiger partial charge in [0.2, 0.25) is 0 Å². The summed E-state index contributed by atoms with van der Waals surface area (Å²) < 4.78 is 0. The molecule has 0 atom stereocenters. The van der Waals surface area contributed by atoms with E-state index < -0.39 is 0 Å². The van der Waals surface area contributed by atoms with Crippen LogP contribution < -0.4 is 10.6 Å². The molecule has 1 aliphatic carbocycles. The fraction of sp³-hybridized carbons (Fsp3) is 0.600. The van der Waals surface area contributed by atoms with Gasteiger partial charge in [0, 0.05) is 18.7 Å².